The summed E-state index contributed by atoms with van der Waals surface area (Å²) >= 11 is 0. The number of esters is 1. The standard InChI is InChI=1S/C61H113N2O7P/c1-7-10-13-16-19-22-25-27-29-30-31-32-34-36-39-42-45-48-51-54-61(65)70-59(52-49-46-43-40-37-24-21-18-15-12-9-3)58(57-69-71(66,67)68-56-55-63(4,5)6)62-60(64)53-50-47-44-41-38-35-33-28-26-23-20-17-14-11-8-2/h19,22-23,26-27,29,31-32,49,52,58-59H,7-18,20-21,24-25,28,30,33-48,50-51,53-57H2,1-6H3,(H-,62,64,66,67)/b22-19-,26-23-,29-27-,32-31-,52-49+. The third kappa shape index (κ3) is 52.4. The molecule has 0 aliphatic heterocycles. The van der Waals surface area contributed by atoms with Gasteiger partial charge in [0.2, 0.25) is 5.91 Å². The SMILES string of the molecule is CCCCC/C=C\C/C=C\C/C=C\CCCCCCCCC(=O)OC(/C=C/CCCCCCCCCCC)C(COP(=O)([O-])OCC[N+](C)(C)C)NC(=O)CCCCCCCCC/C=C\CCCCCC. The van der Waals surface area contributed by atoms with Gasteiger partial charge in [0.15, 0.2) is 0 Å². The quantitative estimate of drug-likeness (QED) is 0.0212. The van der Waals surface area contributed by atoms with Crippen LogP contribution in [0.4, 0.5) is 0 Å². The summed E-state index contributed by atoms with van der Waals surface area (Å²) in [7, 11) is 1.17. The number of rotatable bonds is 53. The van der Waals surface area contributed by atoms with Crippen molar-refractivity contribution in [2.45, 2.75) is 277 Å². The first-order valence-electron chi connectivity index (χ1n) is 29.6. The summed E-state index contributed by atoms with van der Waals surface area (Å²) in [5, 5.41) is 3.02. The molecule has 1 N–H and O–H groups in total. The van der Waals surface area contributed by atoms with Crippen LogP contribution in [0.2, 0.25) is 0 Å². The fourth-order valence-corrected chi connectivity index (χ4v) is 9.01. The lowest BCUT2D eigenvalue weighted by Gasteiger charge is -2.30. The molecule has 0 saturated heterocycles. The van der Waals surface area contributed by atoms with Crippen LogP contribution in [0.5, 0.6) is 0 Å². The molecule has 0 spiro atoms. The van der Waals surface area contributed by atoms with Crippen LogP contribution in [0.3, 0.4) is 0 Å². The highest BCUT2D eigenvalue weighted by atomic mass is 31.2. The van der Waals surface area contributed by atoms with E-state index in [0.717, 1.165) is 89.9 Å². The number of carbonyl (C=O) groups excluding carboxylic acids is 2. The molecular weight excluding hydrogens is 904 g/mol. The summed E-state index contributed by atoms with van der Waals surface area (Å²) in [6.45, 7) is 6.79. The molecule has 0 aliphatic rings. The molecule has 0 aromatic rings. The Bertz CT molecular complexity index is 1400. The van der Waals surface area contributed by atoms with E-state index < -0.39 is 26.6 Å². The average Bonchev–Trinajstić information content (AvgIpc) is 3.33. The fraction of sp³-hybridized carbons (Fsp3) is 0.803. The smallest absolute Gasteiger partial charge is 0.306 e. The molecule has 0 bridgehead atoms. The van der Waals surface area contributed by atoms with Crippen LogP contribution in [0.15, 0.2) is 60.8 Å². The number of amides is 1. The molecular formula is C61H113N2O7P. The van der Waals surface area contributed by atoms with Gasteiger partial charge in [-0.1, -0.05) is 217 Å². The Labute approximate surface area is 439 Å². The summed E-state index contributed by atoms with van der Waals surface area (Å²) in [6, 6.07) is -0.896. The number of ether oxygens (including phenoxy) is 1. The highest BCUT2D eigenvalue weighted by Gasteiger charge is 2.27. The van der Waals surface area contributed by atoms with Gasteiger partial charge in [-0.15, -0.1) is 0 Å². The molecule has 10 heteroatoms. The van der Waals surface area contributed by atoms with Crippen LogP contribution in [0, 0.1) is 0 Å². The molecule has 414 valence electrons. The van der Waals surface area contributed by atoms with Crippen LogP contribution < -0.4 is 10.2 Å². The second kappa shape index (κ2) is 51.2. The van der Waals surface area contributed by atoms with Gasteiger partial charge in [-0.2, -0.15) is 0 Å². The van der Waals surface area contributed by atoms with Gasteiger partial charge in [-0.05, 0) is 96.0 Å². The Morgan fingerprint density at radius 2 is 0.859 bits per heavy atom. The molecule has 0 heterocycles. The minimum absolute atomic E-state index is 0.0266. The van der Waals surface area contributed by atoms with Crippen LogP contribution in [0.25, 0.3) is 0 Å². The maximum Gasteiger partial charge on any atom is 0.306 e. The number of phosphoric acid groups is 1. The molecule has 1 amide bonds. The zero-order chi connectivity index (χ0) is 52.2. The van der Waals surface area contributed by atoms with Crippen molar-refractivity contribution in [2.24, 2.45) is 0 Å². The van der Waals surface area contributed by atoms with Gasteiger partial charge >= 0.3 is 5.97 Å². The van der Waals surface area contributed by atoms with Crippen molar-refractivity contribution in [3.05, 3.63) is 60.8 Å². The molecule has 0 rings (SSSR count). The Morgan fingerprint density at radius 3 is 1.34 bits per heavy atom. The predicted molar refractivity (Wildman–Crippen MR) is 302 cm³/mol. The lowest BCUT2D eigenvalue weighted by molar-refractivity contribution is -0.870. The number of hydrogen-bond acceptors (Lipinski definition) is 7. The van der Waals surface area contributed by atoms with E-state index in [1.807, 2.05) is 33.3 Å². The molecule has 0 radical (unpaired) electrons. The van der Waals surface area contributed by atoms with Gasteiger partial charge in [-0.3, -0.25) is 14.2 Å². The Kier molecular flexibility index (Phi) is 49.6. The van der Waals surface area contributed by atoms with Crippen molar-refractivity contribution in [1.82, 2.24) is 5.32 Å². The normalized spacial score (nSPS) is 14.2. The number of nitrogens with zero attached hydrogens (tertiary/aromatic N) is 1. The minimum Gasteiger partial charge on any atom is -0.756 e. The monoisotopic (exact) mass is 1020 g/mol. The molecule has 3 unspecified atom stereocenters. The molecule has 0 fully saturated rings. The van der Waals surface area contributed by atoms with E-state index in [-0.39, 0.29) is 24.9 Å². The van der Waals surface area contributed by atoms with Gasteiger partial charge in [-0.25, -0.2) is 0 Å². The number of unbranched alkanes of at least 4 members (excludes halogenated alkanes) is 29. The summed E-state index contributed by atoms with van der Waals surface area (Å²) in [6.07, 6.45) is 63.2. The first kappa shape index (κ1) is 68.7. The lowest BCUT2D eigenvalue weighted by Crippen LogP contribution is -2.47. The van der Waals surface area contributed by atoms with E-state index in [0.29, 0.717) is 23.9 Å². The number of quaternary nitrogens is 1. The highest BCUT2D eigenvalue weighted by molar-refractivity contribution is 7.45. The van der Waals surface area contributed by atoms with Crippen molar-refractivity contribution >= 4 is 19.7 Å². The first-order valence-corrected chi connectivity index (χ1v) is 31.1. The van der Waals surface area contributed by atoms with Gasteiger partial charge in [0.1, 0.15) is 19.3 Å². The highest BCUT2D eigenvalue weighted by Crippen LogP contribution is 2.38. The Morgan fingerprint density at radius 1 is 0.493 bits per heavy atom. The number of nitrogens with one attached hydrogen (secondary N) is 1. The third-order valence-corrected chi connectivity index (χ3v) is 13.9. The first-order chi connectivity index (χ1) is 34.4. The van der Waals surface area contributed by atoms with E-state index in [9.17, 15) is 19.0 Å². The molecule has 9 nitrogen and oxygen atoms in total. The second-order valence-electron chi connectivity index (χ2n) is 21.1. The van der Waals surface area contributed by atoms with E-state index in [2.05, 4.69) is 74.7 Å². The number of carbonyl (C=O) groups is 2. The van der Waals surface area contributed by atoms with E-state index in [1.54, 1.807) is 0 Å². The second-order valence-corrected chi connectivity index (χ2v) is 22.6. The number of hydrogen-bond donors (Lipinski definition) is 1. The molecule has 71 heavy (non-hydrogen) atoms. The van der Waals surface area contributed by atoms with Gasteiger partial charge in [0, 0.05) is 12.8 Å². The van der Waals surface area contributed by atoms with E-state index in [1.165, 1.54) is 135 Å². The third-order valence-electron chi connectivity index (χ3n) is 12.9. The van der Waals surface area contributed by atoms with Crippen molar-refractivity contribution in [2.75, 3.05) is 40.9 Å². The van der Waals surface area contributed by atoms with Crippen molar-refractivity contribution < 1.29 is 37.3 Å². The Balaban J connectivity index is 5.30. The Hall–Kier alpha value is -2.29. The number of allylic oxidation sites excluding steroid dienone is 9. The summed E-state index contributed by atoms with van der Waals surface area (Å²) in [5.74, 6) is -0.559. The van der Waals surface area contributed by atoms with Gasteiger partial charge < -0.3 is 28.5 Å². The van der Waals surface area contributed by atoms with Crippen LogP contribution in [-0.2, 0) is 27.9 Å². The average molecular weight is 1020 g/mol. The van der Waals surface area contributed by atoms with E-state index >= 15 is 0 Å². The topological polar surface area (TPSA) is 114 Å². The lowest BCUT2D eigenvalue weighted by atomic mass is 10.1. The maximum absolute atomic E-state index is 13.5. The van der Waals surface area contributed by atoms with Crippen LogP contribution >= 0.6 is 7.82 Å². The largest absolute Gasteiger partial charge is 0.756 e. The van der Waals surface area contributed by atoms with Crippen LogP contribution in [-0.4, -0.2) is 69.4 Å². The number of phosphoric ester groups is 1. The van der Waals surface area contributed by atoms with Gasteiger partial charge in [0.05, 0.1) is 33.8 Å². The van der Waals surface area contributed by atoms with Crippen molar-refractivity contribution in [1.29, 1.82) is 0 Å². The maximum atomic E-state index is 13.5. The van der Waals surface area contributed by atoms with Crippen molar-refractivity contribution in [3.8, 4) is 0 Å². The van der Waals surface area contributed by atoms with Gasteiger partial charge in [0.25, 0.3) is 7.82 Å². The van der Waals surface area contributed by atoms with Crippen LogP contribution in [0.1, 0.15) is 265 Å². The summed E-state index contributed by atoms with van der Waals surface area (Å²) in [4.78, 5) is 39.9. The summed E-state index contributed by atoms with van der Waals surface area (Å²) < 4.78 is 30.2. The van der Waals surface area contributed by atoms with Crippen molar-refractivity contribution in [3.63, 3.8) is 0 Å². The predicted octanol–water partition coefficient (Wildman–Crippen LogP) is 17.3. The fourth-order valence-electron chi connectivity index (χ4n) is 8.29. The number of likely N-dealkylation sites (N-methyl/N-ethyl adjacent to an activating group) is 1. The molecule has 0 saturated carbocycles. The molecule has 3 atom stereocenters. The van der Waals surface area contributed by atoms with E-state index in [4.69, 9.17) is 13.8 Å². The molecule has 0 aromatic heterocycles. The molecule has 0 aromatic carbocycles. The minimum atomic E-state index is -4.70. The zero-order valence-corrected chi connectivity index (χ0v) is 48.1. The summed E-state index contributed by atoms with van der Waals surface area (Å²) in [5.41, 5.74) is 0. The molecule has 0 aliphatic carbocycles. The zero-order valence-electron chi connectivity index (χ0n) is 47.2.